The van der Waals surface area contributed by atoms with Crippen molar-refractivity contribution in [3.8, 4) is 33.6 Å². The summed E-state index contributed by atoms with van der Waals surface area (Å²) in [5.41, 5.74) is 13.1. The Morgan fingerprint density at radius 2 is 0.893 bits per heavy atom. The maximum absolute atomic E-state index is 6.35. The molecule has 22 heteroatoms. The molecule has 103 heavy (non-hydrogen) atoms. The first kappa shape index (κ1) is 80.0. The molecule has 554 valence electrons. The van der Waals surface area contributed by atoms with Crippen LogP contribution in [0.25, 0.3) is 56.1 Å². The summed E-state index contributed by atoms with van der Waals surface area (Å²) in [5, 5.41) is 9.62. The normalized spacial score (nSPS) is 19.1. The number of ether oxygens (including phenoxy) is 4. The third kappa shape index (κ3) is 22.1. The SMILES string of the molecule is C.CC1(C)OB(c2ccc(-c3ccccc3)nc2)OC1(C)C.C[Si](C)(C)CCOCN(COCC[Si](C)(C)C)c1cc(C2=C[C@@H]3CC[C@H](C2)C3)nc2c(-c3ccc(-c4ccccc4)nc3)cnn12.C[Si](C)(C)CCOCN(COCC[Si](C)(C)C)c1cc(C2=C[C@@H]3CC[C@H](C2)C3)nc2c(I)cnn12. The smallest absolute Gasteiger partial charge is 0.399 e. The number of hydrogen-bond donors (Lipinski definition) is 0. The van der Waals surface area contributed by atoms with Crippen LogP contribution in [0.1, 0.15) is 97.9 Å². The van der Waals surface area contributed by atoms with Gasteiger partial charge in [0.2, 0.25) is 0 Å². The minimum Gasteiger partial charge on any atom is -0.399 e. The summed E-state index contributed by atoms with van der Waals surface area (Å²) in [5.74, 6) is 4.93. The Kier molecular flexibility index (Phi) is 26.9. The molecule has 7 heterocycles. The summed E-state index contributed by atoms with van der Waals surface area (Å²) >= 11 is 2.35. The van der Waals surface area contributed by atoms with Gasteiger partial charge in [-0.2, -0.15) is 19.2 Å². The lowest BCUT2D eigenvalue weighted by molar-refractivity contribution is 0.00578. The molecule has 1 aliphatic heterocycles. The fourth-order valence-corrected chi connectivity index (χ4v) is 17.1. The number of halogens is 1. The monoisotopic (exact) mass is 1580 g/mol. The Morgan fingerprint density at radius 3 is 1.29 bits per heavy atom. The van der Waals surface area contributed by atoms with E-state index < -0.39 is 32.3 Å². The molecule has 0 spiro atoms. The number of benzene rings is 2. The first-order valence-electron chi connectivity index (χ1n) is 37.4. The highest BCUT2D eigenvalue weighted by Gasteiger charge is 2.52. The molecule has 2 saturated carbocycles. The van der Waals surface area contributed by atoms with Gasteiger partial charge in [0, 0.05) is 111 Å². The van der Waals surface area contributed by atoms with Crippen LogP contribution in [0, 0.1) is 27.2 Å². The van der Waals surface area contributed by atoms with Gasteiger partial charge in [-0.25, -0.2) is 9.97 Å². The molecule has 0 radical (unpaired) electrons. The molecular weight excluding hydrogens is 1460 g/mol. The molecule has 3 fully saturated rings. The number of anilines is 2. The van der Waals surface area contributed by atoms with Gasteiger partial charge in [0.25, 0.3) is 0 Å². The summed E-state index contributed by atoms with van der Waals surface area (Å²) in [7, 11) is -5.07. The van der Waals surface area contributed by atoms with Gasteiger partial charge in [0.15, 0.2) is 11.3 Å². The van der Waals surface area contributed by atoms with Crippen molar-refractivity contribution in [2.24, 2.45) is 23.7 Å². The van der Waals surface area contributed by atoms with Crippen LogP contribution in [0.5, 0.6) is 0 Å². The van der Waals surface area contributed by atoms with Crippen molar-refractivity contribution >= 4 is 102 Å². The molecule has 5 aliphatic rings. The molecule has 6 aromatic heterocycles. The number of pyridine rings is 2. The Morgan fingerprint density at radius 1 is 0.485 bits per heavy atom. The van der Waals surface area contributed by atoms with E-state index in [2.05, 4.69) is 204 Å². The summed E-state index contributed by atoms with van der Waals surface area (Å²) in [6.07, 6.45) is 22.8. The number of fused-ring (bicyclic) bond motifs is 6. The molecule has 0 amide bonds. The van der Waals surface area contributed by atoms with E-state index in [0.717, 1.165) is 158 Å². The van der Waals surface area contributed by atoms with Crippen molar-refractivity contribution in [3.05, 3.63) is 149 Å². The maximum atomic E-state index is 6.35. The van der Waals surface area contributed by atoms with Crippen molar-refractivity contribution in [1.29, 1.82) is 0 Å². The average Bonchev–Trinajstić information content (AvgIpc) is 1.68. The first-order chi connectivity index (χ1) is 48.4. The van der Waals surface area contributed by atoms with Crippen LogP contribution in [0.2, 0.25) is 103 Å². The molecule has 0 unspecified atom stereocenters. The molecule has 8 aromatic rings. The molecule has 1 saturated heterocycles. The summed E-state index contributed by atoms with van der Waals surface area (Å²) in [4.78, 5) is 24.2. The van der Waals surface area contributed by atoms with Crippen LogP contribution in [0.3, 0.4) is 0 Å². The molecule has 4 bridgehead atoms. The second-order valence-corrected chi connectivity index (χ2v) is 58.5. The van der Waals surface area contributed by atoms with Crippen molar-refractivity contribution < 1.29 is 28.3 Å². The third-order valence-corrected chi connectivity index (χ3v) is 28.3. The number of aromatic nitrogens is 8. The lowest BCUT2D eigenvalue weighted by Crippen LogP contribution is -2.41. The molecule has 0 N–H and O–H groups in total. The van der Waals surface area contributed by atoms with Crippen LogP contribution in [0.15, 0.2) is 134 Å². The van der Waals surface area contributed by atoms with Gasteiger partial charge in [0.05, 0.1) is 49.9 Å². The van der Waals surface area contributed by atoms with E-state index in [9.17, 15) is 0 Å². The molecule has 2 aromatic carbocycles. The topological polar surface area (TPSA) is 148 Å². The quantitative estimate of drug-likeness (QED) is 0.0198. The minimum atomic E-state index is -1.21. The first-order valence-corrected chi connectivity index (χ1v) is 53.4. The zero-order chi connectivity index (χ0) is 72.6. The lowest BCUT2D eigenvalue weighted by atomic mass is 9.80. The number of rotatable bonds is 28. The second kappa shape index (κ2) is 34.6. The molecular formula is C81H118BIN10O6Si4. The lowest BCUT2D eigenvalue weighted by Gasteiger charge is -2.32. The van der Waals surface area contributed by atoms with Gasteiger partial charge in [-0.3, -0.25) is 9.97 Å². The van der Waals surface area contributed by atoms with E-state index in [4.69, 9.17) is 53.4 Å². The van der Waals surface area contributed by atoms with Gasteiger partial charge < -0.3 is 38.1 Å². The maximum Gasteiger partial charge on any atom is 0.496 e. The van der Waals surface area contributed by atoms with E-state index in [1.54, 1.807) is 0 Å². The zero-order valence-corrected chi connectivity index (χ0v) is 70.2. The molecule has 4 aliphatic carbocycles. The molecule has 4 atom stereocenters. The van der Waals surface area contributed by atoms with Crippen LogP contribution in [0.4, 0.5) is 11.6 Å². The Hall–Kier alpha value is -5.52. The predicted octanol–water partition coefficient (Wildman–Crippen LogP) is 19.7. The molecule has 16 nitrogen and oxygen atoms in total. The van der Waals surface area contributed by atoms with Crippen LogP contribution in [-0.2, 0) is 28.3 Å². The van der Waals surface area contributed by atoms with Gasteiger partial charge in [-0.05, 0) is 173 Å². The standard InChI is InChI=1S/C37H51N5O2Si2.C26H43IN4O2Si2.C17H20BNO2.CH4/c1-45(2,3)18-16-43-26-41(27-44-17-19-46(4,5)6)36-23-35(32-21-28-12-13-29(20-28)22-32)40-37-33(25-39-42(36)37)31-14-15-34(38-24-31)30-10-8-7-9-11-30;1-34(2,3)11-9-32-18-30(19-33-10-12-35(4,5)6)25-16-24(29-26-23(27)17-28-31(25)26)22-14-20-7-8-21(13-20)15-22;1-16(2)17(3,4)21-18(20-16)14-10-11-15(19-12-14)13-8-6-5-7-9-13;/h7-11,14-15,21,23-25,28-29H,12-13,16-20,22,26-27H2,1-6H3;14,16-17,20-21H,7-13,15,18-19H2,1-6H3;5-12H,1-4H3;1H4/t28-,29+;20-,21+;;/m11../s1. The van der Waals surface area contributed by atoms with E-state index >= 15 is 0 Å². The fraction of sp³-hybridized carbons (Fsp3) is 0.531. The van der Waals surface area contributed by atoms with Crippen LogP contribution >= 0.6 is 22.6 Å². The number of hydrogen-bond acceptors (Lipinski definition) is 14. The van der Waals surface area contributed by atoms with Gasteiger partial charge in [-0.1, -0.05) is 171 Å². The fourth-order valence-electron chi connectivity index (χ4n) is 13.6. The van der Waals surface area contributed by atoms with Crippen molar-refractivity contribution in [3.63, 3.8) is 0 Å². The van der Waals surface area contributed by atoms with Crippen molar-refractivity contribution in [1.82, 2.24) is 39.2 Å². The van der Waals surface area contributed by atoms with E-state index in [1.165, 1.54) is 49.7 Å². The number of nitrogens with zero attached hydrogens (tertiary/aromatic N) is 10. The van der Waals surface area contributed by atoms with E-state index in [0.29, 0.717) is 32.8 Å². The molecule has 13 rings (SSSR count). The van der Waals surface area contributed by atoms with E-state index in [1.807, 2.05) is 82.3 Å². The number of allylic oxidation sites excluding steroid dienone is 4. The highest BCUT2D eigenvalue weighted by atomic mass is 127. The predicted molar refractivity (Wildman–Crippen MR) is 447 cm³/mol. The highest BCUT2D eigenvalue weighted by Crippen LogP contribution is 2.46. The van der Waals surface area contributed by atoms with Crippen LogP contribution < -0.4 is 15.3 Å². The Balaban J connectivity index is 0.000000177. The minimum absolute atomic E-state index is 0. The van der Waals surface area contributed by atoms with Gasteiger partial charge in [0.1, 0.15) is 38.6 Å². The summed E-state index contributed by atoms with van der Waals surface area (Å²) in [6, 6.07) is 37.7. The van der Waals surface area contributed by atoms with Gasteiger partial charge >= 0.3 is 7.12 Å². The zero-order valence-electron chi connectivity index (χ0n) is 64.0. The Labute approximate surface area is 634 Å². The van der Waals surface area contributed by atoms with Gasteiger partial charge in [-0.15, -0.1) is 0 Å². The average molecular weight is 1580 g/mol. The summed E-state index contributed by atoms with van der Waals surface area (Å²) < 4.78 is 42.2. The second-order valence-electron chi connectivity index (χ2n) is 34.9. The van der Waals surface area contributed by atoms with Crippen molar-refractivity contribution in [2.75, 3.05) is 63.2 Å². The summed E-state index contributed by atoms with van der Waals surface area (Å²) in [6.45, 7) is 41.9. The van der Waals surface area contributed by atoms with Crippen LogP contribution in [-0.4, -0.2) is 143 Å². The highest BCUT2D eigenvalue weighted by molar-refractivity contribution is 14.1. The Bertz CT molecular complexity index is 4060. The van der Waals surface area contributed by atoms with E-state index in [-0.39, 0.29) is 25.7 Å². The largest absolute Gasteiger partial charge is 0.496 e. The third-order valence-electron chi connectivity index (χ3n) is 20.7. The van der Waals surface area contributed by atoms with Crippen molar-refractivity contribution in [2.45, 2.75) is 200 Å².